The van der Waals surface area contributed by atoms with E-state index in [2.05, 4.69) is 18.7 Å². The van der Waals surface area contributed by atoms with E-state index in [9.17, 15) is 5.11 Å². The van der Waals surface area contributed by atoms with Crippen molar-refractivity contribution in [3.63, 3.8) is 0 Å². The standard InChI is InChI=1S/C12H26N2O/c1-10(2)14-7-4-5-12(13,6-8-14)9-11(3)15/h10-11,15H,4-9,13H2,1-3H3. The van der Waals surface area contributed by atoms with Gasteiger partial charge in [-0.05, 0) is 53.0 Å². The number of aliphatic hydroxyl groups is 1. The van der Waals surface area contributed by atoms with Crippen LogP contribution in [0.15, 0.2) is 0 Å². The van der Waals surface area contributed by atoms with Gasteiger partial charge in [-0.1, -0.05) is 0 Å². The Labute approximate surface area is 93.6 Å². The maximum Gasteiger partial charge on any atom is 0.0529 e. The third-order valence-corrected chi connectivity index (χ3v) is 3.45. The fourth-order valence-electron chi connectivity index (χ4n) is 2.55. The van der Waals surface area contributed by atoms with Gasteiger partial charge in [-0.3, -0.25) is 0 Å². The van der Waals surface area contributed by atoms with Gasteiger partial charge in [0, 0.05) is 18.1 Å². The van der Waals surface area contributed by atoms with Crippen LogP contribution < -0.4 is 5.73 Å². The zero-order valence-corrected chi connectivity index (χ0v) is 10.4. The molecule has 3 heteroatoms. The lowest BCUT2D eigenvalue weighted by atomic mass is 9.86. The molecule has 3 nitrogen and oxygen atoms in total. The first-order valence-electron chi connectivity index (χ1n) is 6.14. The summed E-state index contributed by atoms with van der Waals surface area (Å²) in [7, 11) is 0. The van der Waals surface area contributed by atoms with E-state index in [1.807, 2.05) is 6.92 Å². The van der Waals surface area contributed by atoms with Crippen LogP contribution in [0.2, 0.25) is 0 Å². The first-order chi connectivity index (χ1) is 6.93. The smallest absolute Gasteiger partial charge is 0.0529 e. The van der Waals surface area contributed by atoms with Crippen molar-refractivity contribution in [2.75, 3.05) is 13.1 Å². The lowest BCUT2D eigenvalue weighted by molar-refractivity contribution is 0.139. The van der Waals surface area contributed by atoms with E-state index in [1.54, 1.807) is 0 Å². The van der Waals surface area contributed by atoms with Gasteiger partial charge in [0.25, 0.3) is 0 Å². The average molecular weight is 214 g/mol. The van der Waals surface area contributed by atoms with Crippen LogP contribution in [0.4, 0.5) is 0 Å². The number of hydrogen-bond donors (Lipinski definition) is 2. The van der Waals surface area contributed by atoms with Crippen molar-refractivity contribution in [3.05, 3.63) is 0 Å². The Morgan fingerprint density at radius 3 is 2.47 bits per heavy atom. The van der Waals surface area contributed by atoms with E-state index >= 15 is 0 Å². The van der Waals surface area contributed by atoms with Gasteiger partial charge in [-0.15, -0.1) is 0 Å². The molecular formula is C12H26N2O. The molecule has 3 N–H and O–H groups in total. The molecule has 2 unspecified atom stereocenters. The normalized spacial score (nSPS) is 31.6. The summed E-state index contributed by atoms with van der Waals surface area (Å²) in [5.74, 6) is 0. The largest absolute Gasteiger partial charge is 0.393 e. The highest BCUT2D eigenvalue weighted by atomic mass is 16.3. The highest BCUT2D eigenvalue weighted by Gasteiger charge is 2.30. The lowest BCUT2D eigenvalue weighted by Crippen LogP contribution is -2.43. The zero-order chi connectivity index (χ0) is 11.5. The fourth-order valence-corrected chi connectivity index (χ4v) is 2.55. The van der Waals surface area contributed by atoms with E-state index in [0.29, 0.717) is 6.04 Å². The van der Waals surface area contributed by atoms with Crippen LogP contribution in [0.25, 0.3) is 0 Å². The number of hydrogen-bond acceptors (Lipinski definition) is 3. The molecule has 15 heavy (non-hydrogen) atoms. The van der Waals surface area contributed by atoms with E-state index in [4.69, 9.17) is 5.73 Å². The molecule has 0 aromatic rings. The summed E-state index contributed by atoms with van der Waals surface area (Å²) in [6.45, 7) is 8.52. The Hall–Kier alpha value is -0.120. The van der Waals surface area contributed by atoms with Gasteiger partial charge in [0.15, 0.2) is 0 Å². The molecule has 0 bridgehead atoms. The molecule has 2 atom stereocenters. The highest BCUT2D eigenvalue weighted by molar-refractivity contribution is 4.89. The molecule has 1 fully saturated rings. The summed E-state index contributed by atoms with van der Waals surface area (Å²) in [4.78, 5) is 2.48. The second kappa shape index (κ2) is 5.28. The van der Waals surface area contributed by atoms with Crippen LogP contribution in [0.3, 0.4) is 0 Å². The second-order valence-electron chi connectivity index (χ2n) is 5.40. The molecule has 1 rings (SSSR count). The molecule has 0 spiro atoms. The van der Waals surface area contributed by atoms with E-state index in [0.717, 1.165) is 38.8 Å². The van der Waals surface area contributed by atoms with Crippen molar-refractivity contribution in [1.82, 2.24) is 4.90 Å². The Bertz CT molecular complexity index is 194. The number of rotatable bonds is 3. The molecule has 0 amide bonds. The van der Waals surface area contributed by atoms with Gasteiger partial charge >= 0.3 is 0 Å². The van der Waals surface area contributed by atoms with Crippen molar-refractivity contribution in [2.45, 2.75) is 64.1 Å². The van der Waals surface area contributed by atoms with Crippen molar-refractivity contribution in [2.24, 2.45) is 5.73 Å². The summed E-state index contributed by atoms with van der Waals surface area (Å²) in [6, 6.07) is 0.610. The SMILES string of the molecule is CC(O)CC1(N)CCCN(C(C)C)CC1. The molecule has 0 aromatic carbocycles. The minimum Gasteiger partial charge on any atom is -0.393 e. The van der Waals surface area contributed by atoms with E-state index < -0.39 is 0 Å². The third-order valence-electron chi connectivity index (χ3n) is 3.45. The van der Waals surface area contributed by atoms with Crippen molar-refractivity contribution in [3.8, 4) is 0 Å². The second-order valence-corrected chi connectivity index (χ2v) is 5.40. The molecule has 0 radical (unpaired) electrons. The predicted molar refractivity (Wildman–Crippen MR) is 63.8 cm³/mol. The highest BCUT2D eigenvalue weighted by Crippen LogP contribution is 2.25. The van der Waals surface area contributed by atoms with Gasteiger partial charge in [-0.25, -0.2) is 0 Å². The van der Waals surface area contributed by atoms with Crippen LogP contribution in [0, 0.1) is 0 Å². The van der Waals surface area contributed by atoms with Crippen molar-refractivity contribution in [1.29, 1.82) is 0 Å². The van der Waals surface area contributed by atoms with Gasteiger partial charge in [0.05, 0.1) is 6.10 Å². The number of nitrogens with zero attached hydrogens (tertiary/aromatic N) is 1. The van der Waals surface area contributed by atoms with Crippen LogP contribution >= 0.6 is 0 Å². The number of aliphatic hydroxyl groups excluding tert-OH is 1. The molecule has 0 saturated carbocycles. The molecule has 1 aliphatic rings. The maximum absolute atomic E-state index is 9.44. The first-order valence-corrected chi connectivity index (χ1v) is 6.14. The number of likely N-dealkylation sites (tertiary alicyclic amines) is 1. The topological polar surface area (TPSA) is 49.5 Å². The lowest BCUT2D eigenvalue weighted by Gasteiger charge is -2.30. The molecule has 1 heterocycles. The summed E-state index contributed by atoms with van der Waals surface area (Å²) in [5, 5.41) is 9.44. The average Bonchev–Trinajstić information content (AvgIpc) is 2.25. The number of nitrogens with two attached hydrogens (primary N) is 1. The first kappa shape index (κ1) is 12.9. The minimum atomic E-state index is -0.277. The molecule has 90 valence electrons. The van der Waals surface area contributed by atoms with E-state index in [-0.39, 0.29) is 11.6 Å². The Kier molecular flexibility index (Phi) is 4.56. The predicted octanol–water partition coefficient (Wildman–Crippen LogP) is 1.35. The molecular weight excluding hydrogens is 188 g/mol. The van der Waals surface area contributed by atoms with Gasteiger partial charge in [0.2, 0.25) is 0 Å². The van der Waals surface area contributed by atoms with Gasteiger partial charge < -0.3 is 15.7 Å². The summed E-state index contributed by atoms with van der Waals surface area (Å²) >= 11 is 0. The minimum absolute atomic E-state index is 0.141. The van der Waals surface area contributed by atoms with Crippen molar-refractivity contribution >= 4 is 0 Å². The van der Waals surface area contributed by atoms with Crippen LogP contribution in [-0.2, 0) is 0 Å². The molecule has 1 saturated heterocycles. The summed E-state index contributed by atoms with van der Waals surface area (Å²) in [6.07, 6.45) is 3.66. The van der Waals surface area contributed by atoms with E-state index in [1.165, 1.54) is 0 Å². The quantitative estimate of drug-likeness (QED) is 0.745. The molecule has 0 aliphatic carbocycles. The molecule has 0 aromatic heterocycles. The Morgan fingerprint density at radius 1 is 1.27 bits per heavy atom. The van der Waals surface area contributed by atoms with Crippen molar-refractivity contribution < 1.29 is 5.11 Å². The summed E-state index contributed by atoms with van der Waals surface area (Å²) < 4.78 is 0. The maximum atomic E-state index is 9.44. The van der Waals surface area contributed by atoms with Crippen LogP contribution in [0.5, 0.6) is 0 Å². The van der Waals surface area contributed by atoms with Crippen LogP contribution in [0.1, 0.15) is 46.5 Å². The van der Waals surface area contributed by atoms with Gasteiger partial charge in [-0.2, -0.15) is 0 Å². The zero-order valence-electron chi connectivity index (χ0n) is 10.4. The fraction of sp³-hybridized carbons (Fsp3) is 1.00. The molecule has 1 aliphatic heterocycles. The van der Waals surface area contributed by atoms with Crippen LogP contribution in [-0.4, -0.2) is 40.8 Å². The summed E-state index contributed by atoms with van der Waals surface area (Å²) in [5.41, 5.74) is 6.19. The Balaban J connectivity index is 2.51. The Morgan fingerprint density at radius 2 is 1.93 bits per heavy atom. The third kappa shape index (κ3) is 4.09. The van der Waals surface area contributed by atoms with Gasteiger partial charge in [0.1, 0.15) is 0 Å². The monoisotopic (exact) mass is 214 g/mol.